The third kappa shape index (κ3) is 3.26. The second-order valence-corrected chi connectivity index (χ2v) is 5.55. The second kappa shape index (κ2) is 7.69. The summed E-state index contributed by atoms with van der Waals surface area (Å²) in [6.07, 6.45) is 0. The monoisotopic (exact) mass is 331 g/mol. The van der Waals surface area contributed by atoms with Crippen LogP contribution in [0.2, 0.25) is 0 Å². The number of methoxy groups -OCH3 is 2. The first-order valence-corrected chi connectivity index (χ1v) is 7.56. The Labute approximate surface area is 159 Å². The smallest absolute Gasteiger partial charge is 0.860 e. The maximum absolute atomic E-state index is 12.4. The molecule has 0 aromatic heterocycles. The Kier molecular flexibility index (Phi) is 5.84. The fraction of sp³-hybridized carbons (Fsp3) is 0.211. The zero-order chi connectivity index (χ0) is 17.3. The molecule has 0 bridgehead atoms. The number of benzene rings is 2. The summed E-state index contributed by atoms with van der Waals surface area (Å²) in [7, 11) is 2.93. The normalized spacial score (nSPS) is 16.0. The van der Waals surface area contributed by atoms with Crippen LogP contribution in [0.5, 0.6) is 5.75 Å². The zero-order valence-corrected chi connectivity index (χ0v) is 14.8. The first-order valence-electron chi connectivity index (χ1n) is 7.56. The molecule has 2 aromatic carbocycles. The number of hydrogen-bond acceptors (Lipinski definition) is 5. The summed E-state index contributed by atoms with van der Waals surface area (Å²) in [6.45, 7) is 1.83. The molecule has 0 spiro atoms. The molecule has 2 aromatic rings. The van der Waals surface area contributed by atoms with Crippen LogP contribution < -0.4 is 33.6 Å². The van der Waals surface area contributed by atoms with E-state index in [9.17, 15) is 9.90 Å². The van der Waals surface area contributed by atoms with Crippen molar-refractivity contribution >= 4 is 11.7 Å². The van der Waals surface area contributed by atoms with Crippen molar-refractivity contribution in [2.24, 2.45) is 0 Å². The molecule has 0 aliphatic carbocycles. The van der Waals surface area contributed by atoms with E-state index in [4.69, 9.17) is 9.47 Å². The van der Waals surface area contributed by atoms with Gasteiger partial charge < -0.3 is 19.5 Å². The van der Waals surface area contributed by atoms with Crippen molar-refractivity contribution in [1.29, 1.82) is 0 Å². The molecule has 0 N–H and O–H groups in total. The van der Waals surface area contributed by atoms with Gasteiger partial charge in [0.25, 0.3) is 0 Å². The summed E-state index contributed by atoms with van der Waals surface area (Å²) >= 11 is 0. The first kappa shape index (κ1) is 19.0. The molecule has 0 saturated heterocycles. The Morgan fingerprint density at radius 1 is 1.08 bits per heavy atom. The minimum Gasteiger partial charge on any atom is -0.860 e. The molecule has 1 unspecified atom stereocenters. The molecule has 1 heterocycles. The minimum atomic E-state index is -0.381. The second-order valence-electron chi connectivity index (χ2n) is 5.55. The van der Waals surface area contributed by atoms with Crippen molar-refractivity contribution in [3.8, 4) is 5.75 Å². The first-order chi connectivity index (χ1) is 11.6. The summed E-state index contributed by atoms with van der Waals surface area (Å²) in [5.41, 5.74) is 2.91. The predicted molar refractivity (Wildman–Crippen MR) is 88.7 cm³/mol. The van der Waals surface area contributed by atoms with E-state index in [-0.39, 0.29) is 36.8 Å². The molecule has 1 aliphatic rings. The van der Waals surface area contributed by atoms with E-state index in [0.29, 0.717) is 11.3 Å². The van der Waals surface area contributed by atoms with Crippen molar-refractivity contribution in [3.05, 3.63) is 71.1 Å². The molecular weight excluding hydrogens is 313 g/mol. The topological polar surface area (TPSA) is 61.8 Å². The summed E-state index contributed by atoms with van der Waals surface area (Å²) in [5, 5.41) is 12.4. The predicted octanol–water partition coefficient (Wildman–Crippen LogP) is -0.361. The maximum Gasteiger partial charge on any atom is 1.00 e. The average molecular weight is 331 g/mol. The van der Waals surface area contributed by atoms with Crippen LogP contribution in [0.15, 0.2) is 60.0 Å². The van der Waals surface area contributed by atoms with Crippen LogP contribution in [-0.4, -0.2) is 20.2 Å². The van der Waals surface area contributed by atoms with Gasteiger partial charge in [-0.05, 0) is 48.2 Å². The van der Waals surface area contributed by atoms with Gasteiger partial charge in [0.1, 0.15) is 5.75 Å². The van der Waals surface area contributed by atoms with Crippen LogP contribution in [0.3, 0.4) is 0 Å². The van der Waals surface area contributed by atoms with Crippen LogP contribution in [-0.2, 0) is 4.74 Å². The van der Waals surface area contributed by atoms with Crippen LogP contribution in [0.4, 0.5) is 5.69 Å². The van der Waals surface area contributed by atoms with Gasteiger partial charge in [-0.1, -0.05) is 24.3 Å². The summed E-state index contributed by atoms with van der Waals surface area (Å²) < 4.78 is 10.1. The third-order valence-corrected chi connectivity index (χ3v) is 4.22. The van der Waals surface area contributed by atoms with Gasteiger partial charge in [0.05, 0.1) is 31.5 Å². The van der Waals surface area contributed by atoms with Gasteiger partial charge in [-0.15, -0.1) is 0 Å². The SMILES string of the molecule is COC(=O)c1ccc(C2C(C)=C([O-])N2c2ccccc2OC)cc1.[Li+]. The number of anilines is 1. The van der Waals surface area contributed by atoms with Crippen LogP contribution in [0, 0.1) is 0 Å². The number of nitrogens with zero attached hydrogens (tertiary/aromatic N) is 1. The Morgan fingerprint density at radius 2 is 1.72 bits per heavy atom. The molecule has 124 valence electrons. The van der Waals surface area contributed by atoms with Gasteiger partial charge in [0.2, 0.25) is 0 Å². The number of carbonyl (C=O) groups is 1. The van der Waals surface area contributed by atoms with E-state index in [2.05, 4.69) is 0 Å². The van der Waals surface area contributed by atoms with Gasteiger partial charge in [0, 0.05) is 0 Å². The van der Waals surface area contributed by atoms with Gasteiger partial charge >= 0.3 is 24.8 Å². The zero-order valence-electron chi connectivity index (χ0n) is 14.8. The van der Waals surface area contributed by atoms with E-state index >= 15 is 0 Å². The standard InChI is InChI=1S/C19H19NO4.Li/c1-12-17(13-8-10-14(11-9-13)19(22)24-3)20(18(12)21)15-6-4-5-7-16(15)23-2;/h4-11,17,21H,1-3H3;/q;+1/p-1. The van der Waals surface area contributed by atoms with Gasteiger partial charge in [-0.25, -0.2) is 4.79 Å². The van der Waals surface area contributed by atoms with Crippen molar-refractivity contribution in [1.82, 2.24) is 0 Å². The van der Waals surface area contributed by atoms with Gasteiger partial charge in [-0.3, -0.25) is 0 Å². The Bertz CT molecular complexity index is 801. The summed E-state index contributed by atoms with van der Waals surface area (Å²) in [5.74, 6) is 0.240. The van der Waals surface area contributed by atoms with E-state index in [1.807, 2.05) is 43.3 Å². The van der Waals surface area contributed by atoms with Gasteiger partial charge in [-0.2, -0.15) is 0 Å². The maximum atomic E-state index is 12.4. The molecular formula is C19H18LiNO4. The number of rotatable bonds is 4. The summed E-state index contributed by atoms with van der Waals surface area (Å²) in [4.78, 5) is 13.3. The Balaban J connectivity index is 0.00000225. The molecule has 1 aliphatic heterocycles. The van der Waals surface area contributed by atoms with Crippen LogP contribution >= 0.6 is 0 Å². The molecule has 0 radical (unpaired) electrons. The van der Waals surface area contributed by atoms with E-state index < -0.39 is 0 Å². The van der Waals surface area contributed by atoms with Crippen molar-refractivity contribution in [2.45, 2.75) is 13.0 Å². The minimum absolute atomic E-state index is 0. The number of para-hydroxylation sites is 2. The number of hydrogen-bond donors (Lipinski definition) is 0. The van der Waals surface area contributed by atoms with E-state index in [0.717, 1.165) is 16.8 Å². The number of esters is 1. The molecule has 25 heavy (non-hydrogen) atoms. The largest absolute Gasteiger partial charge is 1.00 e. The Hall–Kier alpha value is -2.35. The van der Waals surface area contributed by atoms with E-state index in [1.165, 1.54) is 7.11 Å². The number of ether oxygens (including phenoxy) is 2. The molecule has 0 saturated carbocycles. The quantitative estimate of drug-likeness (QED) is 0.566. The Morgan fingerprint density at radius 3 is 2.32 bits per heavy atom. The molecule has 5 nitrogen and oxygen atoms in total. The molecule has 3 rings (SSSR count). The average Bonchev–Trinajstić information content (AvgIpc) is 2.64. The van der Waals surface area contributed by atoms with Crippen molar-refractivity contribution in [2.75, 3.05) is 19.1 Å². The molecule has 0 fully saturated rings. The fourth-order valence-electron chi connectivity index (χ4n) is 2.95. The van der Waals surface area contributed by atoms with Gasteiger partial charge in [0.15, 0.2) is 0 Å². The molecule has 1 atom stereocenters. The number of carbonyl (C=O) groups excluding carboxylic acids is 1. The van der Waals surface area contributed by atoms with Crippen LogP contribution in [0.25, 0.3) is 0 Å². The van der Waals surface area contributed by atoms with E-state index in [1.54, 1.807) is 24.1 Å². The third-order valence-electron chi connectivity index (χ3n) is 4.22. The molecule has 0 amide bonds. The molecule has 6 heteroatoms. The van der Waals surface area contributed by atoms with Crippen molar-refractivity contribution in [3.63, 3.8) is 0 Å². The fourth-order valence-corrected chi connectivity index (χ4v) is 2.95. The summed E-state index contributed by atoms with van der Waals surface area (Å²) in [6, 6.07) is 14.4. The van der Waals surface area contributed by atoms with Crippen LogP contribution in [0.1, 0.15) is 28.9 Å². The van der Waals surface area contributed by atoms with Crippen molar-refractivity contribution < 1.29 is 38.2 Å².